The summed E-state index contributed by atoms with van der Waals surface area (Å²) in [6.45, 7) is 1.84. The van der Waals surface area contributed by atoms with Crippen molar-refractivity contribution < 1.29 is 9.53 Å². The highest BCUT2D eigenvalue weighted by molar-refractivity contribution is 6.11. The monoisotopic (exact) mass is 215 g/mol. The molecule has 0 aliphatic carbocycles. The summed E-state index contributed by atoms with van der Waals surface area (Å²) in [5.74, 6) is 0.137. The van der Waals surface area contributed by atoms with E-state index in [1.165, 1.54) is 7.11 Å². The van der Waals surface area contributed by atoms with Crippen LogP contribution in [0.5, 0.6) is 0 Å². The van der Waals surface area contributed by atoms with Gasteiger partial charge >= 0.3 is 0 Å². The van der Waals surface area contributed by atoms with Crippen LogP contribution >= 0.6 is 0 Å². The molecule has 1 aromatic rings. The third kappa shape index (κ3) is 2.48. The van der Waals surface area contributed by atoms with Crippen molar-refractivity contribution in [2.45, 2.75) is 13.3 Å². The van der Waals surface area contributed by atoms with Crippen LogP contribution in [0, 0.1) is 11.3 Å². The van der Waals surface area contributed by atoms with E-state index in [4.69, 9.17) is 10.00 Å². The average Bonchev–Trinajstić information content (AvgIpc) is 2.36. The number of benzene rings is 1. The molecule has 0 fully saturated rings. The zero-order valence-corrected chi connectivity index (χ0v) is 9.36. The third-order valence-corrected chi connectivity index (χ3v) is 2.22. The molecule has 0 bridgehead atoms. The Morgan fingerprint density at radius 2 is 2.00 bits per heavy atom. The van der Waals surface area contributed by atoms with E-state index in [0.29, 0.717) is 17.7 Å². The van der Waals surface area contributed by atoms with Crippen molar-refractivity contribution in [3.63, 3.8) is 0 Å². The lowest BCUT2D eigenvalue weighted by Gasteiger charge is -2.06. The Hall–Kier alpha value is -2.08. The van der Waals surface area contributed by atoms with Crippen LogP contribution in [0.2, 0.25) is 0 Å². The fourth-order valence-electron chi connectivity index (χ4n) is 1.40. The van der Waals surface area contributed by atoms with Gasteiger partial charge in [0.25, 0.3) is 0 Å². The van der Waals surface area contributed by atoms with Crippen LogP contribution in [0.1, 0.15) is 23.7 Å². The second-order valence-corrected chi connectivity index (χ2v) is 3.16. The van der Waals surface area contributed by atoms with Crippen molar-refractivity contribution >= 4 is 5.78 Å². The number of ketones is 1. The summed E-state index contributed by atoms with van der Waals surface area (Å²) < 4.78 is 5.03. The van der Waals surface area contributed by atoms with Gasteiger partial charge in [0.15, 0.2) is 0 Å². The number of nitrogens with zero attached hydrogens (tertiary/aromatic N) is 1. The zero-order valence-electron chi connectivity index (χ0n) is 9.36. The van der Waals surface area contributed by atoms with Crippen molar-refractivity contribution in [2.24, 2.45) is 0 Å². The van der Waals surface area contributed by atoms with Gasteiger partial charge in [-0.05, 0) is 0 Å². The topological polar surface area (TPSA) is 50.1 Å². The standard InChI is InChI=1S/C13H13NO2/c1-3-12(16-2)11(9-14)13(15)10-7-5-4-6-8-10/h4-8H,3H2,1-2H3/b12-11+. The van der Waals surface area contributed by atoms with Crippen molar-refractivity contribution in [1.82, 2.24) is 0 Å². The van der Waals surface area contributed by atoms with Crippen molar-refractivity contribution in [1.29, 1.82) is 5.26 Å². The summed E-state index contributed by atoms with van der Waals surface area (Å²) in [4.78, 5) is 12.0. The molecule has 0 aromatic heterocycles. The van der Waals surface area contributed by atoms with Gasteiger partial charge in [0.1, 0.15) is 17.4 Å². The number of hydrogen-bond acceptors (Lipinski definition) is 3. The molecule has 82 valence electrons. The first-order chi connectivity index (χ1) is 7.74. The molecular weight excluding hydrogens is 202 g/mol. The molecule has 1 aromatic carbocycles. The lowest BCUT2D eigenvalue weighted by Crippen LogP contribution is -2.06. The zero-order chi connectivity index (χ0) is 12.0. The Balaban J connectivity index is 3.14. The quantitative estimate of drug-likeness (QED) is 0.336. The number of hydrogen-bond donors (Lipinski definition) is 0. The molecule has 0 N–H and O–H groups in total. The number of carbonyl (C=O) groups is 1. The van der Waals surface area contributed by atoms with Gasteiger partial charge in [-0.1, -0.05) is 37.3 Å². The van der Waals surface area contributed by atoms with E-state index >= 15 is 0 Å². The van der Waals surface area contributed by atoms with Crippen LogP contribution in [-0.4, -0.2) is 12.9 Å². The molecular formula is C13H13NO2. The van der Waals surface area contributed by atoms with Crippen LogP contribution in [0.25, 0.3) is 0 Å². The van der Waals surface area contributed by atoms with E-state index in [-0.39, 0.29) is 11.4 Å². The number of ether oxygens (including phenoxy) is 1. The molecule has 0 saturated carbocycles. The molecule has 0 spiro atoms. The second kappa shape index (κ2) is 5.72. The van der Waals surface area contributed by atoms with E-state index in [9.17, 15) is 4.79 Å². The first-order valence-electron chi connectivity index (χ1n) is 5.01. The summed E-state index contributed by atoms with van der Waals surface area (Å²) in [5, 5.41) is 8.98. The van der Waals surface area contributed by atoms with Crippen LogP contribution in [-0.2, 0) is 4.74 Å². The Bertz CT molecular complexity index is 435. The van der Waals surface area contributed by atoms with Crippen molar-refractivity contribution in [2.75, 3.05) is 7.11 Å². The highest BCUT2D eigenvalue weighted by atomic mass is 16.5. The minimum atomic E-state index is -0.290. The van der Waals surface area contributed by atoms with Gasteiger partial charge in [0.05, 0.1) is 7.11 Å². The minimum Gasteiger partial charge on any atom is -0.500 e. The summed E-state index contributed by atoms with van der Waals surface area (Å²) in [7, 11) is 1.47. The van der Waals surface area contributed by atoms with Crippen molar-refractivity contribution in [3.05, 3.63) is 47.2 Å². The van der Waals surface area contributed by atoms with Gasteiger partial charge in [-0.25, -0.2) is 0 Å². The molecule has 0 heterocycles. The van der Waals surface area contributed by atoms with Gasteiger partial charge in [-0.2, -0.15) is 5.26 Å². The molecule has 3 heteroatoms. The lowest BCUT2D eigenvalue weighted by molar-refractivity contribution is 0.103. The molecule has 0 atom stereocenters. The van der Waals surface area contributed by atoms with Gasteiger partial charge in [-0.15, -0.1) is 0 Å². The van der Waals surface area contributed by atoms with E-state index in [1.54, 1.807) is 24.3 Å². The Morgan fingerprint density at radius 1 is 1.38 bits per heavy atom. The summed E-state index contributed by atoms with van der Waals surface area (Å²) in [6.07, 6.45) is 0.526. The molecule has 1 rings (SSSR count). The number of carbonyl (C=O) groups excluding carboxylic acids is 1. The molecule has 0 saturated heterocycles. The number of methoxy groups -OCH3 is 1. The molecule has 0 aliphatic rings. The highest BCUT2D eigenvalue weighted by Gasteiger charge is 2.16. The summed E-state index contributed by atoms with van der Waals surface area (Å²) in [6, 6.07) is 10.6. The molecule has 0 amide bonds. The normalized spacial score (nSPS) is 11.3. The number of rotatable bonds is 4. The third-order valence-electron chi connectivity index (χ3n) is 2.22. The molecule has 16 heavy (non-hydrogen) atoms. The maximum atomic E-state index is 12.0. The van der Waals surface area contributed by atoms with E-state index in [1.807, 2.05) is 19.1 Å². The average molecular weight is 215 g/mol. The second-order valence-electron chi connectivity index (χ2n) is 3.16. The van der Waals surface area contributed by atoms with E-state index in [2.05, 4.69) is 0 Å². The molecule has 0 radical (unpaired) electrons. The van der Waals surface area contributed by atoms with Gasteiger partial charge in [0.2, 0.25) is 5.78 Å². The summed E-state index contributed by atoms with van der Waals surface area (Å²) >= 11 is 0. The molecule has 0 aliphatic heterocycles. The van der Waals surface area contributed by atoms with E-state index in [0.717, 1.165) is 0 Å². The Kier molecular flexibility index (Phi) is 4.28. The van der Waals surface area contributed by atoms with Crippen LogP contribution in [0.3, 0.4) is 0 Å². The molecule has 0 unspecified atom stereocenters. The van der Waals surface area contributed by atoms with Crippen molar-refractivity contribution in [3.8, 4) is 6.07 Å². The number of Topliss-reactive ketones (excluding diaryl/α,β-unsaturated/α-hetero) is 1. The smallest absolute Gasteiger partial charge is 0.206 e. The van der Waals surface area contributed by atoms with Crippen LogP contribution in [0.4, 0.5) is 0 Å². The first kappa shape index (κ1) is 12.0. The van der Waals surface area contributed by atoms with Gasteiger partial charge in [-0.3, -0.25) is 4.79 Å². The first-order valence-corrected chi connectivity index (χ1v) is 5.01. The Labute approximate surface area is 95.0 Å². The largest absolute Gasteiger partial charge is 0.500 e. The predicted octanol–water partition coefficient (Wildman–Crippen LogP) is 2.70. The Morgan fingerprint density at radius 3 is 2.44 bits per heavy atom. The van der Waals surface area contributed by atoms with E-state index < -0.39 is 0 Å². The fraction of sp³-hybridized carbons (Fsp3) is 0.231. The fourth-order valence-corrected chi connectivity index (χ4v) is 1.40. The summed E-state index contributed by atoms with van der Waals surface area (Å²) in [5.41, 5.74) is 0.582. The number of nitriles is 1. The molecule has 3 nitrogen and oxygen atoms in total. The van der Waals surface area contributed by atoms with Gasteiger partial charge in [0, 0.05) is 12.0 Å². The maximum Gasteiger partial charge on any atom is 0.206 e. The highest BCUT2D eigenvalue weighted by Crippen LogP contribution is 2.14. The maximum absolute atomic E-state index is 12.0. The SMILES string of the molecule is CC/C(OC)=C(/C#N)C(=O)c1ccccc1. The van der Waals surface area contributed by atoms with Gasteiger partial charge < -0.3 is 4.74 Å². The van der Waals surface area contributed by atoms with Crippen LogP contribution < -0.4 is 0 Å². The van der Waals surface area contributed by atoms with Crippen LogP contribution in [0.15, 0.2) is 41.7 Å². The predicted molar refractivity (Wildman–Crippen MR) is 60.7 cm³/mol. The minimum absolute atomic E-state index is 0.0798. The lowest BCUT2D eigenvalue weighted by atomic mass is 10.0. The number of allylic oxidation sites excluding steroid dienone is 2.